The first kappa shape index (κ1) is 11.8. The normalized spacial score (nSPS) is 10.3. The minimum atomic E-state index is 0.227. The molecule has 84 valence electrons. The number of aromatic hydroxyl groups is 1. The minimum absolute atomic E-state index is 0.227. The molecular formula is C11H18N2O2. The molecule has 0 saturated carbocycles. The van der Waals surface area contributed by atoms with Gasteiger partial charge in [0.2, 0.25) is 0 Å². The van der Waals surface area contributed by atoms with Crippen LogP contribution in [0.3, 0.4) is 0 Å². The van der Waals surface area contributed by atoms with E-state index in [0.29, 0.717) is 5.56 Å². The van der Waals surface area contributed by atoms with Gasteiger partial charge in [-0.3, -0.25) is 4.84 Å². The van der Waals surface area contributed by atoms with Gasteiger partial charge in [-0.05, 0) is 19.9 Å². The Kier molecular flexibility index (Phi) is 4.39. The second-order valence-electron chi connectivity index (χ2n) is 3.30. The molecule has 0 radical (unpaired) electrons. The second-order valence-corrected chi connectivity index (χ2v) is 3.30. The second kappa shape index (κ2) is 5.58. The van der Waals surface area contributed by atoms with Crippen molar-refractivity contribution >= 4 is 5.69 Å². The number of nitrogens with two attached hydrogens (primary N) is 1. The first-order valence-electron chi connectivity index (χ1n) is 5.11. The summed E-state index contributed by atoms with van der Waals surface area (Å²) in [5.41, 5.74) is 1.71. The molecule has 1 aromatic rings. The van der Waals surface area contributed by atoms with Crippen molar-refractivity contribution in [2.24, 2.45) is 5.90 Å². The van der Waals surface area contributed by atoms with Crippen LogP contribution in [0.5, 0.6) is 5.75 Å². The van der Waals surface area contributed by atoms with Gasteiger partial charge in [-0.25, -0.2) is 5.90 Å². The summed E-state index contributed by atoms with van der Waals surface area (Å²) in [7, 11) is 0. The summed E-state index contributed by atoms with van der Waals surface area (Å²) in [5.74, 6) is 5.18. The van der Waals surface area contributed by atoms with Crippen molar-refractivity contribution in [1.29, 1.82) is 0 Å². The molecule has 0 fully saturated rings. The van der Waals surface area contributed by atoms with Gasteiger partial charge in [0.25, 0.3) is 0 Å². The fourth-order valence-electron chi connectivity index (χ4n) is 1.55. The molecule has 1 aromatic carbocycles. The van der Waals surface area contributed by atoms with Gasteiger partial charge in [-0.2, -0.15) is 0 Å². The van der Waals surface area contributed by atoms with Crippen molar-refractivity contribution in [3.63, 3.8) is 0 Å². The minimum Gasteiger partial charge on any atom is -0.508 e. The number of phenols is 1. The van der Waals surface area contributed by atoms with Gasteiger partial charge in [0.1, 0.15) is 5.75 Å². The van der Waals surface area contributed by atoms with E-state index in [-0.39, 0.29) is 12.4 Å². The molecule has 3 N–H and O–H groups in total. The maximum atomic E-state index is 9.70. The van der Waals surface area contributed by atoms with Crippen LogP contribution in [0.1, 0.15) is 19.4 Å². The van der Waals surface area contributed by atoms with Gasteiger partial charge < -0.3 is 10.0 Å². The van der Waals surface area contributed by atoms with Crippen molar-refractivity contribution in [1.82, 2.24) is 0 Å². The number of hydrogen-bond donors (Lipinski definition) is 2. The van der Waals surface area contributed by atoms with E-state index in [1.807, 2.05) is 12.1 Å². The zero-order chi connectivity index (χ0) is 11.3. The molecule has 0 bridgehead atoms. The summed E-state index contributed by atoms with van der Waals surface area (Å²) in [6.45, 7) is 6.23. The summed E-state index contributed by atoms with van der Waals surface area (Å²) < 4.78 is 0. The zero-order valence-corrected chi connectivity index (χ0v) is 9.23. The number of rotatable bonds is 5. The van der Waals surface area contributed by atoms with Gasteiger partial charge in [0.15, 0.2) is 0 Å². The Bertz CT molecular complexity index is 311. The van der Waals surface area contributed by atoms with Crippen molar-refractivity contribution < 1.29 is 9.94 Å². The smallest absolute Gasteiger partial charge is 0.123 e. The third kappa shape index (κ3) is 2.84. The van der Waals surface area contributed by atoms with E-state index in [4.69, 9.17) is 5.90 Å². The average Bonchev–Trinajstić information content (AvgIpc) is 2.24. The van der Waals surface area contributed by atoms with E-state index in [9.17, 15) is 5.11 Å². The van der Waals surface area contributed by atoms with E-state index in [0.717, 1.165) is 18.8 Å². The van der Waals surface area contributed by atoms with E-state index in [1.54, 1.807) is 6.07 Å². The van der Waals surface area contributed by atoms with Crippen molar-refractivity contribution in [2.45, 2.75) is 20.5 Å². The summed E-state index contributed by atoms with van der Waals surface area (Å²) in [4.78, 5) is 6.65. The van der Waals surface area contributed by atoms with Gasteiger partial charge in [0.05, 0.1) is 6.61 Å². The standard InChI is InChI=1S/C11H18N2O2/c1-3-13(4-2)10-6-5-9(8-15-12)11(14)7-10/h5-7,14H,3-4,8,12H2,1-2H3. The highest BCUT2D eigenvalue weighted by molar-refractivity contribution is 5.53. The summed E-state index contributed by atoms with van der Waals surface area (Å²) in [5, 5.41) is 9.70. The molecule has 0 aliphatic rings. The number of nitrogens with zero attached hydrogens (tertiary/aromatic N) is 1. The largest absolute Gasteiger partial charge is 0.508 e. The van der Waals surface area contributed by atoms with Gasteiger partial charge in [-0.15, -0.1) is 0 Å². The molecule has 0 saturated heterocycles. The van der Waals surface area contributed by atoms with Crippen LogP contribution in [-0.2, 0) is 11.4 Å². The molecule has 0 atom stereocenters. The lowest BCUT2D eigenvalue weighted by Crippen LogP contribution is -2.21. The van der Waals surface area contributed by atoms with E-state index in [1.165, 1.54) is 0 Å². The average molecular weight is 210 g/mol. The topological polar surface area (TPSA) is 58.7 Å². The molecule has 0 amide bonds. The van der Waals surface area contributed by atoms with Crippen LogP contribution in [0.4, 0.5) is 5.69 Å². The van der Waals surface area contributed by atoms with Crippen LogP contribution in [0.2, 0.25) is 0 Å². The van der Waals surface area contributed by atoms with Crippen LogP contribution in [-0.4, -0.2) is 18.2 Å². The Morgan fingerprint density at radius 2 is 2.00 bits per heavy atom. The maximum absolute atomic E-state index is 9.70. The Morgan fingerprint density at radius 3 is 2.47 bits per heavy atom. The third-order valence-electron chi connectivity index (χ3n) is 2.44. The highest BCUT2D eigenvalue weighted by atomic mass is 16.6. The summed E-state index contributed by atoms with van der Waals surface area (Å²) in [6.07, 6.45) is 0. The molecule has 4 nitrogen and oxygen atoms in total. The van der Waals surface area contributed by atoms with Crippen LogP contribution in [0, 0.1) is 0 Å². The SMILES string of the molecule is CCN(CC)c1ccc(CON)c(O)c1. The van der Waals surface area contributed by atoms with Crippen LogP contribution >= 0.6 is 0 Å². The number of hydrogen-bond acceptors (Lipinski definition) is 4. The van der Waals surface area contributed by atoms with Crippen LogP contribution in [0.15, 0.2) is 18.2 Å². The Labute approximate surface area is 90.2 Å². The molecule has 15 heavy (non-hydrogen) atoms. The van der Waals surface area contributed by atoms with Crippen molar-refractivity contribution in [3.8, 4) is 5.75 Å². The Balaban J connectivity index is 2.89. The maximum Gasteiger partial charge on any atom is 0.123 e. The lowest BCUT2D eigenvalue weighted by molar-refractivity contribution is 0.122. The summed E-state index contributed by atoms with van der Waals surface area (Å²) in [6, 6.07) is 5.53. The predicted molar refractivity (Wildman–Crippen MR) is 60.6 cm³/mol. The van der Waals surface area contributed by atoms with Crippen LogP contribution < -0.4 is 10.8 Å². The number of anilines is 1. The molecule has 0 aliphatic carbocycles. The fourth-order valence-corrected chi connectivity index (χ4v) is 1.55. The highest BCUT2D eigenvalue weighted by Gasteiger charge is 2.06. The van der Waals surface area contributed by atoms with E-state index < -0.39 is 0 Å². The molecule has 0 aliphatic heterocycles. The van der Waals surface area contributed by atoms with Crippen molar-refractivity contribution in [3.05, 3.63) is 23.8 Å². The first-order valence-corrected chi connectivity index (χ1v) is 5.11. The van der Waals surface area contributed by atoms with Gasteiger partial charge in [-0.1, -0.05) is 6.07 Å². The Morgan fingerprint density at radius 1 is 1.33 bits per heavy atom. The quantitative estimate of drug-likeness (QED) is 0.725. The predicted octanol–water partition coefficient (Wildman–Crippen LogP) is 1.63. The molecular weight excluding hydrogens is 192 g/mol. The van der Waals surface area contributed by atoms with E-state index in [2.05, 4.69) is 23.6 Å². The van der Waals surface area contributed by atoms with Crippen LogP contribution in [0.25, 0.3) is 0 Å². The zero-order valence-electron chi connectivity index (χ0n) is 9.23. The monoisotopic (exact) mass is 210 g/mol. The molecule has 0 aromatic heterocycles. The van der Waals surface area contributed by atoms with Gasteiger partial charge >= 0.3 is 0 Å². The highest BCUT2D eigenvalue weighted by Crippen LogP contribution is 2.24. The third-order valence-corrected chi connectivity index (χ3v) is 2.44. The first-order chi connectivity index (χ1) is 7.22. The molecule has 1 rings (SSSR count). The molecule has 0 spiro atoms. The fraction of sp³-hybridized carbons (Fsp3) is 0.455. The van der Waals surface area contributed by atoms with E-state index >= 15 is 0 Å². The number of benzene rings is 1. The number of phenolic OH excluding ortho intramolecular Hbond substituents is 1. The lowest BCUT2D eigenvalue weighted by atomic mass is 10.2. The van der Waals surface area contributed by atoms with Crippen molar-refractivity contribution in [2.75, 3.05) is 18.0 Å². The molecule has 0 unspecified atom stereocenters. The Hall–Kier alpha value is -1.26. The summed E-state index contributed by atoms with van der Waals surface area (Å²) >= 11 is 0. The van der Waals surface area contributed by atoms with Gasteiger partial charge in [0, 0.05) is 30.4 Å². The lowest BCUT2D eigenvalue weighted by Gasteiger charge is -2.21. The molecule has 4 heteroatoms. The molecule has 0 heterocycles.